The third-order valence-corrected chi connectivity index (χ3v) is 7.92. The van der Waals surface area contributed by atoms with Gasteiger partial charge in [-0.2, -0.15) is 31.1 Å². The first-order valence-corrected chi connectivity index (χ1v) is 14.1. The summed E-state index contributed by atoms with van der Waals surface area (Å²) >= 11 is 0. The number of tetrazole rings is 1. The molecule has 44 heavy (non-hydrogen) atoms. The number of likely N-dealkylation sites (tertiary alicyclic amines) is 1. The summed E-state index contributed by atoms with van der Waals surface area (Å²) in [5.74, 6) is 0.378. The van der Waals surface area contributed by atoms with Crippen LogP contribution in [0.5, 0.6) is 0 Å². The zero-order valence-electron chi connectivity index (χ0n) is 23.7. The van der Waals surface area contributed by atoms with Crippen LogP contribution in [-0.4, -0.2) is 37.9 Å². The average Bonchev–Trinajstić information content (AvgIpc) is 3.45. The second-order valence-electron chi connectivity index (χ2n) is 10.7. The number of halogens is 7. The largest absolute Gasteiger partial charge is 0.416 e. The zero-order chi connectivity index (χ0) is 31.5. The van der Waals surface area contributed by atoms with Crippen LogP contribution in [0.25, 0.3) is 0 Å². The predicted molar refractivity (Wildman–Crippen MR) is 147 cm³/mol. The summed E-state index contributed by atoms with van der Waals surface area (Å²) < 4.78 is 100. The second-order valence-corrected chi connectivity index (χ2v) is 10.7. The summed E-state index contributed by atoms with van der Waals surface area (Å²) in [6.07, 6.45) is -9.79. The Hall–Kier alpha value is -3.84. The van der Waals surface area contributed by atoms with Gasteiger partial charge >= 0.3 is 12.4 Å². The van der Waals surface area contributed by atoms with Crippen LogP contribution in [0.3, 0.4) is 0 Å². The SMILES string of the molecule is CCC(OCc1cc(C(F)(F)F)cc(C(F)(F)F)c1)C1(c2ccccc2)CC(c2nnn(CCF)n2)N1Cc1ccccc1. The van der Waals surface area contributed by atoms with E-state index >= 15 is 0 Å². The van der Waals surface area contributed by atoms with Gasteiger partial charge in [0, 0.05) is 6.54 Å². The first-order valence-electron chi connectivity index (χ1n) is 14.1. The van der Waals surface area contributed by atoms with E-state index in [2.05, 4.69) is 20.3 Å². The van der Waals surface area contributed by atoms with E-state index in [1.165, 1.54) is 4.80 Å². The molecule has 1 saturated heterocycles. The van der Waals surface area contributed by atoms with Crippen LogP contribution in [0.4, 0.5) is 30.7 Å². The maximum atomic E-state index is 13.5. The Balaban J connectivity index is 1.54. The van der Waals surface area contributed by atoms with E-state index in [0.29, 0.717) is 37.3 Å². The molecular formula is C31H30F7N5O. The zero-order valence-corrected chi connectivity index (χ0v) is 23.7. The smallest absolute Gasteiger partial charge is 0.371 e. The molecule has 0 spiro atoms. The van der Waals surface area contributed by atoms with E-state index in [4.69, 9.17) is 4.74 Å². The van der Waals surface area contributed by atoms with Crippen LogP contribution in [0.2, 0.25) is 0 Å². The number of hydrogen-bond acceptors (Lipinski definition) is 5. The molecule has 0 radical (unpaired) electrons. The van der Waals surface area contributed by atoms with Gasteiger partial charge in [-0.15, -0.1) is 10.2 Å². The number of aryl methyl sites for hydroxylation is 1. The van der Waals surface area contributed by atoms with Crippen molar-refractivity contribution in [1.82, 2.24) is 25.1 Å². The summed E-state index contributed by atoms with van der Waals surface area (Å²) in [6.45, 7) is 1.06. The summed E-state index contributed by atoms with van der Waals surface area (Å²) in [7, 11) is 0. The average molecular weight is 622 g/mol. The van der Waals surface area contributed by atoms with E-state index in [0.717, 1.165) is 11.1 Å². The van der Waals surface area contributed by atoms with Crippen molar-refractivity contribution in [2.24, 2.45) is 0 Å². The lowest BCUT2D eigenvalue weighted by molar-refractivity contribution is -0.182. The third kappa shape index (κ3) is 6.48. The van der Waals surface area contributed by atoms with Crippen molar-refractivity contribution in [2.45, 2.75) is 69.5 Å². The standard InChI is InChI=1S/C31H30F7N5O/c1-2-27(44-20-22-15-24(30(33,34)35)17-25(16-22)31(36,37)38)29(23-11-7-4-8-12-23)18-26(28-39-41-43(40-28)14-13-32)42(29)19-21-9-5-3-6-10-21/h3-12,15-17,26-27H,2,13-14,18-20H2,1H3. The van der Waals surface area contributed by atoms with Crippen molar-refractivity contribution in [3.8, 4) is 0 Å². The predicted octanol–water partition coefficient (Wildman–Crippen LogP) is 7.52. The van der Waals surface area contributed by atoms with Gasteiger partial charge in [0.05, 0.1) is 42.0 Å². The van der Waals surface area contributed by atoms with E-state index in [-0.39, 0.29) is 24.2 Å². The fourth-order valence-electron chi connectivity index (χ4n) is 5.91. The number of hydrogen-bond donors (Lipinski definition) is 0. The second kappa shape index (κ2) is 12.6. The molecule has 1 aromatic heterocycles. The van der Waals surface area contributed by atoms with Crippen molar-refractivity contribution in [3.05, 3.63) is 113 Å². The fourth-order valence-corrected chi connectivity index (χ4v) is 5.91. The number of nitrogens with zero attached hydrogens (tertiary/aromatic N) is 5. The van der Waals surface area contributed by atoms with Crippen molar-refractivity contribution < 1.29 is 35.5 Å². The lowest BCUT2D eigenvalue weighted by Gasteiger charge is -2.60. The lowest BCUT2D eigenvalue weighted by atomic mass is 9.68. The maximum absolute atomic E-state index is 13.5. The molecule has 2 heterocycles. The van der Waals surface area contributed by atoms with Crippen LogP contribution in [0, 0.1) is 0 Å². The summed E-state index contributed by atoms with van der Waals surface area (Å²) in [5, 5.41) is 12.5. The van der Waals surface area contributed by atoms with Gasteiger partial charge in [-0.05, 0) is 52.9 Å². The molecule has 1 fully saturated rings. The monoisotopic (exact) mass is 621 g/mol. The van der Waals surface area contributed by atoms with Crippen LogP contribution >= 0.6 is 0 Å². The molecule has 0 saturated carbocycles. The van der Waals surface area contributed by atoms with Crippen LogP contribution < -0.4 is 0 Å². The van der Waals surface area contributed by atoms with Gasteiger partial charge in [0.1, 0.15) is 6.67 Å². The first-order chi connectivity index (χ1) is 21.0. The minimum Gasteiger partial charge on any atom is -0.371 e. The van der Waals surface area contributed by atoms with Crippen LogP contribution in [0.1, 0.15) is 59.4 Å². The van der Waals surface area contributed by atoms with Crippen molar-refractivity contribution in [1.29, 1.82) is 0 Å². The Morgan fingerprint density at radius 1 is 0.886 bits per heavy atom. The molecule has 3 aromatic carbocycles. The molecule has 0 N–H and O–H groups in total. The number of rotatable bonds is 11. The van der Waals surface area contributed by atoms with E-state index in [1.54, 1.807) is 0 Å². The number of alkyl halides is 7. The molecule has 3 unspecified atom stereocenters. The van der Waals surface area contributed by atoms with E-state index in [1.807, 2.05) is 67.6 Å². The van der Waals surface area contributed by atoms with Gasteiger partial charge in [-0.3, -0.25) is 4.90 Å². The number of ether oxygens (including phenoxy) is 1. The number of benzene rings is 3. The van der Waals surface area contributed by atoms with E-state index < -0.39 is 48.4 Å². The molecule has 5 rings (SSSR count). The molecule has 0 aliphatic carbocycles. The Morgan fingerprint density at radius 3 is 2.07 bits per heavy atom. The highest BCUT2D eigenvalue weighted by Gasteiger charge is 2.59. The Labute approximate surface area is 249 Å². The maximum Gasteiger partial charge on any atom is 0.416 e. The van der Waals surface area contributed by atoms with Gasteiger partial charge in [0.15, 0.2) is 5.82 Å². The summed E-state index contributed by atoms with van der Waals surface area (Å²) in [4.78, 5) is 3.30. The van der Waals surface area contributed by atoms with Gasteiger partial charge in [-0.1, -0.05) is 67.6 Å². The molecule has 0 amide bonds. The van der Waals surface area contributed by atoms with Gasteiger partial charge < -0.3 is 4.74 Å². The highest BCUT2D eigenvalue weighted by Crippen LogP contribution is 2.56. The lowest BCUT2D eigenvalue weighted by Crippen LogP contribution is -2.65. The minimum absolute atomic E-state index is 0.0557. The Morgan fingerprint density at radius 2 is 1.50 bits per heavy atom. The molecule has 4 aromatic rings. The Kier molecular flexibility index (Phi) is 9.07. The molecule has 13 heteroatoms. The highest BCUT2D eigenvalue weighted by molar-refractivity contribution is 5.35. The Bertz CT molecular complexity index is 1500. The molecule has 0 bridgehead atoms. The fraction of sp³-hybridized carbons (Fsp3) is 0.387. The minimum atomic E-state index is -4.97. The van der Waals surface area contributed by atoms with Gasteiger partial charge in [0.25, 0.3) is 0 Å². The van der Waals surface area contributed by atoms with Crippen molar-refractivity contribution >= 4 is 0 Å². The normalized spacial score (nSPS) is 20.0. The van der Waals surface area contributed by atoms with Gasteiger partial charge in [-0.25, -0.2) is 4.39 Å². The van der Waals surface area contributed by atoms with Crippen LogP contribution in [-0.2, 0) is 42.3 Å². The quantitative estimate of drug-likeness (QED) is 0.162. The molecule has 1 aliphatic rings. The molecule has 234 valence electrons. The highest BCUT2D eigenvalue weighted by atomic mass is 19.4. The van der Waals surface area contributed by atoms with Crippen LogP contribution in [0.15, 0.2) is 78.9 Å². The third-order valence-electron chi connectivity index (χ3n) is 7.92. The first kappa shape index (κ1) is 31.6. The summed E-state index contributed by atoms with van der Waals surface area (Å²) in [5.41, 5.74) is -2.07. The molecule has 6 nitrogen and oxygen atoms in total. The van der Waals surface area contributed by atoms with E-state index in [9.17, 15) is 30.7 Å². The molecule has 1 aliphatic heterocycles. The van der Waals surface area contributed by atoms with Gasteiger partial charge in [0.2, 0.25) is 0 Å². The number of aromatic nitrogens is 4. The van der Waals surface area contributed by atoms with Crippen molar-refractivity contribution in [3.63, 3.8) is 0 Å². The topological polar surface area (TPSA) is 56.1 Å². The van der Waals surface area contributed by atoms with Crippen molar-refractivity contribution in [2.75, 3.05) is 6.67 Å². The summed E-state index contributed by atoms with van der Waals surface area (Å²) in [6, 6.07) is 20.1. The molecular weight excluding hydrogens is 591 g/mol. The molecule has 3 atom stereocenters.